The van der Waals surface area contributed by atoms with Crippen LogP contribution in [0, 0.1) is 5.41 Å². The van der Waals surface area contributed by atoms with Crippen LogP contribution in [-0.2, 0) is 16.0 Å². The summed E-state index contributed by atoms with van der Waals surface area (Å²) < 4.78 is 11.9. The van der Waals surface area contributed by atoms with Crippen molar-refractivity contribution in [1.82, 2.24) is 9.47 Å². The van der Waals surface area contributed by atoms with Crippen LogP contribution in [0.25, 0.3) is 0 Å². The number of aromatic nitrogens is 1. The van der Waals surface area contributed by atoms with Crippen molar-refractivity contribution < 1.29 is 24.2 Å². The van der Waals surface area contributed by atoms with Crippen LogP contribution in [0.2, 0.25) is 5.02 Å². The van der Waals surface area contributed by atoms with Gasteiger partial charge >= 0.3 is 12.1 Å². The maximum Gasteiger partial charge on any atom is 0.410 e. The minimum absolute atomic E-state index is 0.0115. The van der Waals surface area contributed by atoms with Crippen LogP contribution in [0.4, 0.5) is 4.79 Å². The molecule has 2 fully saturated rings. The summed E-state index contributed by atoms with van der Waals surface area (Å²) in [6.07, 6.45) is 4.65. The lowest BCUT2D eigenvalue weighted by Crippen LogP contribution is -2.62. The van der Waals surface area contributed by atoms with Crippen LogP contribution in [-0.4, -0.2) is 57.5 Å². The number of hydrogen-bond donors (Lipinski definition) is 1. The monoisotopic (exact) mass is 468 g/mol. The molecule has 1 unspecified atom stereocenters. The van der Waals surface area contributed by atoms with Crippen molar-refractivity contribution in [2.75, 3.05) is 19.7 Å². The Morgan fingerprint density at radius 2 is 1.88 bits per heavy atom. The second-order valence-electron chi connectivity index (χ2n) is 9.89. The zero-order valence-electron chi connectivity index (χ0n) is 19.3. The van der Waals surface area contributed by atoms with E-state index in [0.717, 1.165) is 25.7 Å². The first-order valence-corrected chi connectivity index (χ1v) is 11.5. The molecule has 1 N–H and O–H groups in total. The number of esters is 1. The van der Waals surface area contributed by atoms with Crippen LogP contribution < -0.4 is 5.56 Å². The highest BCUT2D eigenvalue weighted by atomic mass is 35.5. The number of carbonyl (C=O) groups excluding carboxylic acids is 2. The molecule has 3 rings (SSSR count). The topological polar surface area (TPSA) is 98.1 Å². The van der Waals surface area contributed by atoms with Crippen LogP contribution in [0.5, 0.6) is 0 Å². The van der Waals surface area contributed by atoms with Gasteiger partial charge in [-0.15, -0.1) is 0 Å². The fraction of sp³-hybridized carbons (Fsp3) is 0.696. The van der Waals surface area contributed by atoms with E-state index in [2.05, 4.69) is 0 Å². The van der Waals surface area contributed by atoms with Crippen molar-refractivity contribution in [2.24, 2.45) is 5.41 Å². The highest BCUT2D eigenvalue weighted by molar-refractivity contribution is 6.33. The van der Waals surface area contributed by atoms with E-state index < -0.39 is 28.1 Å². The number of amides is 1. The van der Waals surface area contributed by atoms with Gasteiger partial charge < -0.3 is 24.0 Å². The Morgan fingerprint density at radius 1 is 1.22 bits per heavy atom. The maximum atomic E-state index is 12.7. The van der Waals surface area contributed by atoms with Gasteiger partial charge in [0.25, 0.3) is 5.56 Å². The van der Waals surface area contributed by atoms with Gasteiger partial charge in [0.1, 0.15) is 5.60 Å². The average molecular weight is 469 g/mol. The lowest BCUT2D eigenvalue weighted by Gasteiger charge is -2.52. The number of piperidine rings is 1. The molecule has 32 heavy (non-hydrogen) atoms. The molecule has 1 atom stereocenters. The van der Waals surface area contributed by atoms with Gasteiger partial charge in [0.15, 0.2) is 0 Å². The zero-order chi connectivity index (χ0) is 23.7. The number of carbonyl (C=O) groups is 2. The van der Waals surface area contributed by atoms with Crippen molar-refractivity contribution in [2.45, 2.75) is 77.5 Å². The minimum Gasteiger partial charge on any atom is -0.462 e. The standard InChI is InChI=1S/C23H33ClN2O6/c1-5-31-19(28)16-13-26(18(27)12-17(16)24)15-23(30)10-11-25(20(29)32-21(2,3)4)14-22(23)8-6-7-9-22/h12-13,30H,5-11,14-15H2,1-4H3. The number of likely N-dealkylation sites (tertiary alicyclic amines) is 1. The number of nitrogens with zero attached hydrogens (tertiary/aromatic N) is 2. The number of pyridine rings is 1. The van der Waals surface area contributed by atoms with E-state index in [4.69, 9.17) is 21.1 Å². The maximum absolute atomic E-state index is 12.7. The van der Waals surface area contributed by atoms with Crippen LogP contribution in [0.1, 0.15) is 70.2 Å². The van der Waals surface area contributed by atoms with E-state index in [1.807, 2.05) is 20.8 Å². The van der Waals surface area contributed by atoms with E-state index in [9.17, 15) is 19.5 Å². The number of hydrogen-bond acceptors (Lipinski definition) is 6. The molecule has 9 heteroatoms. The van der Waals surface area contributed by atoms with Gasteiger partial charge in [-0.2, -0.15) is 0 Å². The molecule has 1 aliphatic carbocycles. The molecule has 8 nitrogen and oxygen atoms in total. The first-order chi connectivity index (χ1) is 14.9. The Morgan fingerprint density at radius 3 is 2.47 bits per heavy atom. The Balaban J connectivity index is 1.89. The molecule has 2 heterocycles. The number of aliphatic hydroxyl groups is 1. The highest BCUT2D eigenvalue weighted by Gasteiger charge is 2.56. The summed E-state index contributed by atoms with van der Waals surface area (Å²) >= 11 is 6.10. The molecule has 0 radical (unpaired) electrons. The van der Waals surface area contributed by atoms with Gasteiger partial charge in [0.2, 0.25) is 0 Å². The van der Waals surface area contributed by atoms with E-state index >= 15 is 0 Å². The summed E-state index contributed by atoms with van der Waals surface area (Å²) in [5.41, 5.74) is -2.69. The lowest BCUT2D eigenvalue weighted by molar-refractivity contribution is -0.140. The molecule has 178 valence electrons. The summed E-state index contributed by atoms with van der Waals surface area (Å²) in [6, 6.07) is 1.17. The third kappa shape index (κ3) is 4.96. The molecular weight excluding hydrogens is 436 g/mol. The van der Waals surface area contributed by atoms with Gasteiger partial charge in [-0.3, -0.25) is 4.79 Å². The number of halogens is 1. The molecule has 1 spiro atoms. The fourth-order valence-electron chi connectivity index (χ4n) is 4.90. The molecule has 0 bridgehead atoms. The first kappa shape index (κ1) is 24.6. The zero-order valence-corrected chi connectivity index (χ0v) is 20.0. The third-order valence-electron chi connectivity index (χ3n) is 6.49. The van der Waals surface area contributed by atoms with Crippen molar-refractivity contribution in [3.05, 3.63) is 33.2 Å². The molecule has 1 saturated carbocycles. The van der Waals surface area contributed by atoms with Crippen molar-refractivity contribution in [3.63, 3.8) is 0 Å². The predicted octanol–water partition coefficient (Wildman–Crippen LogP) is 3.61. The largest absolute Gasteiger partial charge is 0.462 e. The molecule has 0 aromatic carbocycles. The Kier molecular flexibility index (Phi) is 6.96. The molecule has 1 amide bonds. The molecule has 1 aromatic rings. The first-order valence-electron chi connectivity index (χ1n) is 11.2. The molecule has 1 aliphatic heterocycles. The third-order valence-corrected chi connectivity index (χ3v) is 6.80. The van der Waals surface area contributed by atoms with Gasteiger partial charge in [0, 0.05) is 30.8 Å². The molecule has 1 aromatic heterocycles. The molecule has 2 aliphatic rings. The SMILES string of the molecule is CCOC(=O)c1cn(CC2(O)CCN(C(=O)OC(C)(C)C)CC23CCCC3)c(=O)cc1Cl. The van der Waals surface area contributed by atoms with E-state index in [-0.39, 0.29) is 29.8 Å². The van der Waals surface area contributed by atoms with Crippen LogP contribution in [0.15, 0.2) is 17.1 Å². The molecular formula is C23H33ClN2O6. The fourth-order valence-corrected chi connectivity index (χ4v) is 5.11. The summed E-state index contributed by atoms with van der Waals surface area (Å²) in [4.78, 5) is 39.3. The van der Waals surface area contributed by atoms with Gasteiger partial charge in [-0.25, -0.2) is 9.59 Å². The molecule has 1 saturated heterocycles. The van der Waals surface area contributed by atoms with Gasteiger partial charge in [0.05, 0.1) is 29.3 Å². The highest BCUT2D eigenvalue weighted by Crippen LogP contribution is 2.51. The number of ether oxygens (including phenoxy) is 2. The summed E-state index contributed by atoms with van der Waals surface area (Å²) in [5.74, 6) is -0.617. The van der Waals surface area contributed by atoms with Gasteiger partial charge in [-0.1, -0.05) is 24.4 Å². The minimum atomic E-state index is -1.22. The van der Waals surface area contributed by atoms with Crippen molar-refractivity contribution in [3.8, 4) is 0 Å². The summed E-state index contributed by atoms with van der Waals surface area (Å²) in [5, 5.41) is 11.9. The Labute approximate surface area is 193 Å². The average Bonchev–Trinajstić information content (AvgIpc) is 3.15. The number of rotatable bonds is 4. The van der Waals surface area contributed by atoms with Gasteiger partial charge in [-0.05, 0) is 47.0 Å². The quantitative estimate of drug-likeness (QED) is 0.678. The van der Waals surface area contributed by atoms with E-state index in [1.54, 1.807) is 11.8 Å². The smallest absolute Gasteiger partial charge is 0.410 e. The predicted molar refractivity (Wildman–Crippen MR) is 120 cm³/mol. The second kappa shape index (κ2) is 9.06. The Bertz CT molecular complexity index is 931. The van der Waals surface area contributed by atoms with Crippen LogP contribution in [0.3, 0.4) is 0 Å². The van der Waals surface area contributed by atoms with Crippen molar-refractivity contribution >= 4 is 23.7 Å². The van der Waals surface area contributed by atoms with Crippen molar-refractivity contribution in [1.29, 1.82) is 0 Å². The second-order valence-corrected chi connectivity index (χ2v) is 10.3. The normalized spacial score (nSPS) is 22.8. The van der Waals surface area contributed by atoms with Crippen LogP contribution >= 0.6 is 11.6 Å². The Hall–Kier alpha value is -2.06. The van der Waals surface area contributed by atoms with E-state index in [1.165, 1.54) is 16.8 Å². The van der Waals surface area contributed by atoms with E-state index in [0.29, 0.717) is 19.5 Å². The summed E-state index contributed by atoms with van der Waals surface area (Å²) in [7, 11) is 0. The summed E-state index contributed by atoms with van der Waals surface area (Å²) in [6.45, 7) is 8.04. The lowest BCUT2D eigenvalue weighted by atomic mass is 9.66.